The summed E-state index contributed by atoms with van der Waals surface area (Å²) in [7, 11) is 0. The van der Waals surface area contributed by atoms with Crippen LogP contribution in [0.15, 0.2) is 72.7 Å². The minimum Gasteiger partial charge on any atom is -0.356 e. The Bertz CT molecular complexity index is 1170. The third kappa shape index (κ3) is 5.24. The van der Waals surface area contributed by atoms with E-state index in [1.807, 2.05) is 64.3 Å². The van der Waals surface area contributed by atoms with Crippen LogP contribution >= 0.6 is 0 Å². The number of nitrogens with zero attached hydrogens (tertiary/aromatic N) is 4. The molecule has 0 spiro atoms. The van der Waals surface area contributed by atoms with Gasteiger partial charge in [0.2, 0.25) is 5.91 Å². The Labute approximate surface area is 206 Å². The third-order valence-corrected chi connectivity index (χ3v) is 7.11. The van der Waals surface area contributed by atoms with Crippen molar-refractivity contribution in [2.24, 2.45) is 5.92 Å². The van der Waals surface area contributed by atoms with Gasteiger partial charge in [0, 0.05) is 37.9 Å². The van der Waals surface area contributed by atoms with Crippen molar-refractivity contribution >= 4 is 11.8 Å². The van der Waals surface area contributed by atoms with E-state index in [0.29, 0.717) is 38.0 Å². The summed E-state index contributed by atoms with van der Waals surface area (Å²) in [4.78, 5) is 28.1. The lowest BCUT2D eigenvalue weighted by atomic mass is 9.95. The molecular formula is C28H33N5O2. The molecule has 2 aromatic heterocycles. The Morgan fingerprint density at radius 2 is 1.77 bits per heavy atom. The molecule has 7 heteroatoms. The van der Waals surface area contributed by atoms with Crippen molar-refractivity contribution in [1.82, 2.24) is 24.6 Å². The number of rotatable bonds is 7. The van der Waals surface area contributed by atoms with Crippen LogP contribution in [0.1, 0.15) is 55.3 Å². The number of carbonyl (C=O) groups excluding carboxylic acids is 2. The zero-order valence-electron chi connectivity index (χ0n) is 20.1. The Morgan fingerprint density at radius 3 is 2.49 bits per heavy atom. The van der Waals surface area contributed by atoms with Gasteiger partial charge in [0.15, 0.2) is 5.82 Å². The zero-order chi connectivity index (χ0) is 24.0. The first-order valence-electron chi connectivity index (χ1n) is 12.7. The molecule has 0 saturated carbocycles. The average molecular weight is 472 g/mol. The van der Waals surface area contributed by atoms with Crippen LogP contribution in [-0.2, 0) is 4.79 Å². The molecule has 0 unspecified atom stereocenters. The van der Waals surface area contributed by atoms with Crippen LogP contribution in [-0.4, -0.2) is 50.7 Å². The van der Waals surface area contributed by atoms with Gasteiger partial charge in [-0.3, -0.25) is 9.59 Å². The summed E-state index contributed by atoms with van der Waals surface area (Å²) in [5, 5.41) is 7.68. The molecule has 5 rings (SSSR count). The van der Waals surface area contributed by atoms with E-state index < -0.39 is 0 Å². The van der Waals surface area contributed by atoms with Crippen molar-refractivity contribution in [1.29, 1.82) is 0 Å². The molecule has 0 radical (unpaired) electrons. The first kappa shape index (κ1) is 23.1. The van der Waals surface area contributed by atoms with Crippen LogP contribution in [0.5, 0.6) is 0 Å². The van der Waals surface area contributed by atoms with Crippen molar-refractivity contribution in [3.63, 3.8) is 0 Å². The largest absolute Gasteiger partial charge is 0.356 e. The van der Waals surface area contributed by atoms with Gasteiger partial charge in [0.05, 0.1) is 11.9 Å². The molecule has 1 saturated heterocycles. The molecule has 2 aliphatic rings. The second-order valence-corrected chi connectivity index (χ2v) is 9.44. The van der Waals surface area contributed by atoms with Gasteiger partial charge in [-0.2, -0.15) is 5.10 Å². The molecule has 1 N–H and O–H groups in total. The molecule has 35 heavy (non-hydrogen) atoms. The number of allylic oxidation sites excluding steroid dienone is 1. The van der Waals surface area contributed by atoms with Gasteiger partial charge in [0.1, 0.15) is 5.56 Å². The third-order valence-electron chi connectivity index (χ3n) is 7.11. The number of hydrogen-bond donors (Lipinski definition) is 1. The lowest BCUT2D eigenvalue weighted by Gasteiger charge is -2.31. The summed E-state index contributed by atoms with van der Waals surface area (Å²) in [6, 6.07) is 13.7. The SMILES string of the molecule is O=C(NCCC1=CCCCC1)C1CCN(C(=O)c2cnn(-c3ccccc3)c2-n2cccc2)CC1. The molecule has 1 aliphatic carbocycles. The Morgan fingerprint density at radius 1 is 1.00 bits per heavy atom. The van der Waals surface area contributed by atoms with Gasteiger partial charge in [0.25, 0.3) is 5.91 Å². The smallest absolute Gasteiger partial charge is 0.259 e. The highest BCUT2D eigenvalue weighted by Crippen LogP contribution is 2.25. The highest BCUT2D eigenvalue weighted by molar-refractivity contribution is 5.97. The number of amides is 2. The van der Waals surface area contributed by atoms with E-state index in [-0.39, 0.29) is 17.7 Å². The maximum absolute atomic E-state index is 13.5. The summed E-state index contributed by atoms with van der Waals surface area (Å²) >= 11 is 0. The number of hydrogen-bond acceptors (Lipinski definition) is 3. The van der Waals surface area contributed by atoms with Crippen molar-refractivity contribution in [2.75, 3.05) is 19.6 Å². The number of carbonyl (C=O) groups is 2. The van der Waals surface area contributed by atoms with E-state index in [4.69, 9.17) is 0 Å². The number of benzene rings is 1. The number of nitrogens with one attached hydrogen (secondary N) is 1. The minimum atomic E-state index is -0.0426. The fourth-order valence-corrected chi connectivity index (χ4v) is 5.11. The molecule has 1 aromatic carbocycles. The van der Waals surface area contributed by atoms with Crippen LogP contribution in [0, 0.1) is 5.92 Å². The molecule has 1 aliphatic heterocycles. The monoisotopic (exact) mass is 471 g/mol. The molecule has 2 amide bonds. The fourth-order valence-electron chi connectivity index (χ4n) is 5.11. The number of likely N-dealkylation sites (tertiary alicyclic amines) is 1. The number of para-hydroxylation sites is 1. The average Bonchev–Trinajstić information content (AvgIpc) is 3.60. The predicted octanol–water partition coefficient (Wildman–Crippen LogP) is 4.52. The van der Waals surface area contributed by atoms with Gasteiger partial charge < -0.3 is 14.8 Å². The maximum Gasteiger partial charge on any atom is 0.259 e. The molecule has 1 fully saturated rings. The van der Waals surface area contributed by atoms with Crippen molar-refractivity contribution < 1.29 is 9.59 Å². The number of piperidine rings is 1. The summed E-state index contributed by atoms with van der Waals surface area (Å²) in [5.74, 6) is 0.774. The quantitative estimate of drug-likeness (QED) is 0.515. The highest BCUT2D eigenvalue weighted by atomic mass is 16.2. The van der Waals surface area contributed by atoms with Crippen LogP contribution in [0.3, 0.4) is 0 Å². The van der Waals surface area contributed by atoms with Gasteiger partial charge in [-0.05, 0) is 69.2 Å². The normalized spacial score (nSPS) is 16.7. The second-order valence-electron chi connectivity index (χ2n) is 9.44. The zero-order valence-corrected chi connectivity index (χ0v) is 20.1. The lowest BCUT2D eigenvalue weighted by molar-refractivity contribution is -0.126. The highest BCUT2D eigenvalue weighted by Gasteiger charge is 2.30. The molecule has 7 nitrogen and oxygen atoms in total. The van der Waals surface area contributed by atoms with Gasteiger partial charge in [-0.15, -0.1) is 0 Å². The van der Waals surface area contributed by atoms with Gasteiger partial charge in [-0.25, -0.2) is 4.68 Å². The van der Waals surface area contributed by atoms with Crippen LogP contribution in [0.2, 0.25) is 0 Å². The molecule has 3 heterocycles. The number of aromatic nitrogens is 3. The fraction of sp³-hybridized carbons (Fsp3) is 0.393. The van der Waals surface area contributed by atoms with Crippen molar-refractivity contribution in [3.8, 4) is 11.5 Å². The Hall–Kier alpha value is -3.61. The molecule has 0 bridgehead atoms. The predicted molar refractivity (Wildman–Crippen MR) is 136 cm³/mol. The summed E-state index contributed by atoms with van der Waals surface area (Å²) in [6.07, 6.45) is 15.1. The summed E-state index contributed by atoms with van der Waals surface area (Å²) < 4.78 is 3.73. The van der Waals surface area contributed by atoms with Crippen molar-refractivity contribution in [3.05, 3.63) is 78.3 Å². The van der Waals surface area contributed by atoms with E-state index in [9.17, 15) is 9.59 Å². The first-order chi connectivity index (χ1) is 17.2. The minimum absolute atomic E-state index is 0.0321. The first-order valence-corrected chi connectivity index (χ1v) is 12.7. The molecule has 3 aromatic rings. The van der Waals surface area contributed by atoms with E-state index >= 15 is 0 Å². The summed E-state index contributed by atoms with van der Waals surface area (Å²) in [6.45, 7) is 1.86. The topological polar surface area (TPSA) is 72.2 Å². The molecule has 0 atom stereocenters. The van der Waals surface area contributed by atoms with Crippen LogP contribution in [0.25, 0.3) is 11.5 Å². The van der Waals surface area contributed by atoms with Gasteiger partial charge in [-0.1, -0.05) is 29.8 Å². The van der Waals surface area contributed by atoms with Crippen LogP contribution in [0.4, 0.5) is 0 Å². The Kier molecular flexibility index (Phi) is 7.12. The van der Waals surface area contributed by atoms with Crippen molar-refractivity contribution in [2.45, 2.75) is 44.9 Å². The second kappa shape index (κ2) is 10.8. The maximum atomic E-state index is 13.5. The van der Waals surface area contributed by atoms with E-state index in [1.165, 1.54) is 31.3 Å². The Balaban J connectivity index is 1.22. The molecule has 182 valence electrons. The van der Waals surface area contributed by atoms with Gasteiger partial charge >= 0.3 is 0 Å². The standard InChI is InChI=1S/C28H33N5O2/c34-26(29-16-13-22-9-3-1-4-10-22)23-14-19-32(20-15-23)28(35)25-21-30-33(24-11-5-2-6-12-24)27(25)31-17-7-8-18-31/h2,5-9,11-12,17-18,21,23H,1,3-4,10,13-16,19-20H2,(H,29,34). The lowest BCUT2D eigenvalue weighted by Crippen LogP contribution is -2.43. The molecular weight excluding hydrogens is 438 g/mol. The van der Waals surface area contributed by atoms with E-state index in [0.717, 1.165) is 17.9 Å². The summed E-state index contributed by atoms with van der Waals surface area (Å²) in [5.41, 5.74) is 2.94. The van der Waals surface area contributed by atoms with Crippen LogP contribution < -0.4 is 5.32 Å². The van der Waals surface area contributed by atoms with E-state index in [1.54, 1.807) is 10.9 Å². The van der Waals surface area contributed by atoms with E-state index in [2.05, 4.69) is 16.5 Å².